The lowest BCUT2D eigenvalue weighted by molar-refractivity contribution is -0.150. The number of carboxylic acid groups (broad SMARTS) is 1. The van der Waals surface area contributed by atoms with Gasteiger partial charge in [-0.2, -0.15) is 0 Å². The van der Waals surface area contributed by atoms with Crippen LogP contribution in [0.1, 0.15) is 44.9 Å². The van der Waals surface area contributed by atoms with Crippen LogP contribution in [0.15, 0.2) is 0 Å². The van der Waals surface area contributed by atoms with Crippen LogP contribution in [0.25, 0.3) is 0 Å². The molecule has 0 heterocycles. The molecule has 1 atom stereocenters. The fourth-order valence-corrected chi connectivity index (χ4v) is 1.82. The number of hydrogen-bond donors (Lipinski definition) is 2. The molecule has 5 nitrogen and oxygen atoms in total. The number of hydrogen-bond acceptors (Lipinski definition) is 4. The molecule has 0 saturated heterocycles. The summed E-state index contributed by atoms with van der Waals surface area (Å²) in [6, 6.07) is -0.973. The van der Waals surface area contributed by atoms with Gasteiger partial charge in [-0.1, -0.05) is 6.42 Å². The number of rotatable bonds is 5. The Morgan fingerprint density at radius 1 is 1.29 bits per heavy atom. The zero-order chi connectivity index (χ0) is 12.0. The van der Waals surface area contributed by atoms with E-state index in [2.05, 4.69) is 0 Å². The lowest BCUT2D eigenvalue weighted by Gasteiger charge is -2.21. The van der Waals surface area contributed by atoms with E-state index in [1.54, 1.807) is 0 Å². The molecule has 0 radical (unpaired) electrons. The van der Waals surface area contributed by atoms with Crippen LogP contribution in [0.3, 0.4) is 0 Å². The molecule has 1 fully saturated rings. The number of halogens is 1. The summed E-state index contributed by atoms with van der Waals surface area (Å²) in [7, 11) is 0. The Bertz CT molecular complexity index is 254. The second-order valence-corrected chi connectivity index (χ2v) is 4.23. The van der Waals surface area contributed by atoms with E-state index in [0.29, 0.717) is 0 Å². The van der Waals surface area contributed by atoms with Crippen molar-refractivity contribution < 1.29 is 19.4 Å². The number of carbonyl (C=O) groups excluding carboxylic acids is 1. The molecule has 1 saturated carbocycles. The van der Waals surface area contributed by atoms with E-state index < -0.39 is 12.0 Å². The highest BCUT2D eigenvalue weighted by molar-refractivity contribution is 5.85. The van der Waals surface area contributed by atoms with Gasteiger partial charge >= 0.3 is 11.9 Å². The van der Waals surface area contributed by atoms with Crippen molar-refractivity contribution in [1.82, 2.24) is 0 Å². The zero-order valence-electron chi connectivity index (χ0n) is 9.76. The van der Waals surface area contributed by atoms with E-state index in [9.17, 15) is 9.59 Å². The number of aliphatic carboxylic acids is 1. The summed E-state index contributed by atoms with van der Waals surface area (Å²) in [4.78, 5) is 21.8. The first-order valence-electron chi connectivity index (χ1n) is 5.77. The van der Waals surface area contributed by atoms with E-state index in [-0.39, 0.29) is 37.3 Å². The predicted octanol–water partition coefficient (Wildman–Crippen LogP) is 1.48. The molecule has 100 valence electrons. The van der Waals surface area contributed by atoms with Crippen LogP contribution in [-0.2, 0) is 14.3 Å². The van der Waals surface area contributed by atoms with Crippen LogP contribution in [-0.4, -0.2) is 29.2 Å². The highest BCUT2D eigenvalue weighted by Crippen LogP contribution is 2.20. The summed E-state index contributed by atoms with van der Waals surface area (Å²) in [6.45, 7) is 0. The molecule has 0 aliphatic heterocycles. The van der Waals surface area contributed by atoms with Crippen molar-refractivity contribution in [2.24, 2.45) is 5.73 Å². The van der Waals surface area contributed by atoms with Gasteiger partial charge in [0.2, 0.25) is 0 Å². The van der Waals surface area contributed by atoms with Crippen molar-refractivity contribution in [3.63, 3.8) is 0 Å². The van der Waals surface area contributed by atoms with Gasteiger partial charge in [0, 0.05) is 6.42 Å². The zero-order valence-corrected chi connectivity index (χ0v) is 10.6. The third kappa shape index (κ3) is 6.48. The fourth-order valence-electron chi connectivity index (χ4n) is 1.82. The number of ether oxygens (including phenoxy) is 1. The van der Waals surface area contributed by atoms with Crippen molar-refractivity contribution in [3.05, 3.63) is 0 Å². The molecule has 1 rings (SSSR count). The van der Waals surface area contributed by atoms with Crippen molar-refractivity contribution in [2.45, 2.75) is 57.1 Å². The first-order valence-corrected chi connectivity index (χ1v) is 5.77. The molecule has 0 aromatic carbocycles. The van der Waals surface area contributed by atoms with Gasteiger partial charge in [0.1, 0.15) is 12.1 Å². The van der Waals surface area contributed by atoms with Gasteiger partial charge in [0.05, 0.1) is 0 Å². The Labute approximate surface area is 107 Å². The van der Waals surface area contributed by atoms with Gasteiger partial charge in [-0.25, -0.2) is 0 Å². The first kappa shape index (κ1) is 16.2. The lowest BCUT2D eigenvalue weighted by atomic mass is 9.98. The standard InChI is InChI=1S/C11H19NO4.ClH/c12-9(11(14)15)6-7-10(13)16-8-4-2-1-3-5-8;/h8-9H,1-7,12H2,(H,14,15);1H/t9-;/m0./s1. The van der Waals surface area contributed by atoms with Gasteiger partial charge < -0.3 is 15.6 Å². The first-order chi connectivity index (χ1) is 7.59. The third-order valence-corrected chi connectivity index (χ3v) is 2.83. The van der Waals surface area contributed by atoms with Crippen molar-refractivity contribution in [2.75, 3.05) is 0 Å². The van der Waals surface area contributed by atoms with Crippen LogP contribution in [0, 0.1) is 0 Å². The van der Waals surface area contributed by atoms with Gasteiger partial charge in [-0.15, -0.1) is 12.4 Å². The third-order valence-electron chi connectivity index (χ3n) is 2.83. The van der Waals surface area contributed by atoms with E-state index in [1.165, 1.54) is 6.42 Å². The molecule has 0 unspecified atom stereocenters. The molecule has 1 aliphatic rings. The molecule has 0 bridgehead atoms. The van der Waals surface area contributed by atoms with Crippen molar-refractivity contribution >= 4 is 24.3 Å². The maximum Gasteiger partial charge on any atom is 0.320 e. The summed E-state index contributed by atoms with van der Waals surface area (Å²) < 4.78 is 5.23. The Hall–Kier alpha value is -0.810. The largest absolute Gasteiger partial charge is 0.480 e. The minimum Gasteiger partial charge on any atom is -0.480 e. The van der Waals surface area contributed by atoms with Crippen LogP contribution < -0.4 is 5.73 Å². The topological polar surface area (TPSA) is 89.6 Å². The number of esters is 1. The SMILES string of the molecule is Cl.N[C@@H](CCC(=O)OC1CCCCC1)C(=O)O. The maximum atomic E-state index is 11.4. The molecule has 6 heteroatoms. The van der Waals surface area contributed by atoms with Gasteiger partial charge in [-0.3, -0.25) is 9.59 Å². The van der Waals surface area contributed by atoms with E-state index in [4.69, 9.17) is 15.6 Å². The van der Waals surface area contributed by atoms with Crippen molar-refractivity contribution in [3.8, 4) is 0 Å². The summed E-state index contributed by atoms with van der Waals surface area (Å²) >= 11 is 0. The molecule has 1 aliphatic carbocycles. The van der Waals surface area contributed by atoms with Gasteiger partial charge in [0.25, 0.3) is 0 Å². The molecule has 17 heavy (non-hydrogen) atoms. The van der Waals surface area contributed by atoms with Gasteiger partial charge in [0.15, 0.2) is 0 Å². The Morgan fingerprint density at radius 2 is 1.88 bits per heavy atom. The predicted molar refractivity (Wildman–Crippen MR) is 65.1 cm³/mol. The Morgan fingerprint density at radius 3 is 2.41 bits per heavy atom. The van der Waals surface area contributed by atoms with Crippen LogP contribution in [0.2, 0.25) is 0 Å². The summed E-state index contributed by atoms with van der Waals surface area (Å²) in [6.07, 6.45) is 5.53. The summed E-state index contributed by atoms with van der Waals surface area (Å²) in [5, 5.41) is 8.54. The van der Waals surface area contributed by atoms with Crippen LogP contribution in [0.4, 0.5) is 0 Å². The molecule has 0 amide bonds. The van der Waals surface area contributed by atoms with E-state index >= 15 is 0 Å². The average Bonchev–Trinajstić information content (AvgIpc) is 2.27. The van der Waals surface area contributed by atoms with Crippen LogP contribution in [0.5, 0.6) is 0 Å². The van der Waals surface area contributed by atoms with E-state index in [0.717, 1.165) is 25.7 Å². The lowest BCUT2D eigenvalue weighted by Crippen LogP contribution is -2.31. The smallest absolute Gasteiger partial charge is 0.320 e. The fraction of sp³-hybridized carbons (Fsp3) is 0.818. The average molecular weight is 266 g/mol. The quantitative estimate of drug-likeness (QED) is 0.735. The molecule has 0 aromatic heterocycles. The number of carboxylic acids is 1. The number of carbonyl (C=O) groups is 2. The molecule has 3 N–H and O–H groups in total. The highest BCUT2D eigenvalue weighted by atomic mass is 35.5. The maximum absolute atomic E-state index is 11.4. The van der Waals surface area contributed by atoms with Gasteiger partial charge in [-0.05, 0) is 32.1 Å². The highest BCUT2D eigenvalue weighted by Gasteiger charge is 2.19. The monoisotopic (exact) mass is 265 g/mol. The van der Waals surface area contributed by atoms with Crippen molar-refractivity contribution in [1.29, 1.82) is 0 Å². The number of nitrogens with two attached hydrogens (primary N) is 1. The molecule has 0 aromatic rings. The molecular formula is C11H20ClNO4. The molecule has 0 spiro atoms. The normalized spacial score (nSPS) is 17.9. The Balaban J connectivity index is 0.00000256. The second-order valence-electron chi connectivity index (χ2n) is 4.23. The second kappa shape index (κ2) is 8.31. The summed E-state index contributed by atoms with van der Waals surface area (Å²) in [5.74, 6) is -1.41. The summed E-state index contributed by atoms with van der Waals surface area (Å²) in [5.41, 5.74) is 5.29. The van der Waals surface area contributed by atoms with E-state index in [1.807, 2.05) is 0 Å². The van der Waals surface area contributed by atoms with Crippen LogP contribution >= 0.6 is 12.4 Å². The minimum atomic E-state index is -1.08. The minimum absolute atomic E-state index is 0. The Kier molecular flexibility index (Phi) is 7.91. The molecular weight excluding hydrogens is 246 g/mol.